The first-order valence-electron chi connectivity index (χ1n) is 5.53. The summed E-state index contributed by atoms with van der Waals surface area (Å²) in [6.45, 7) is 1.89. The fourth-order valence-electron chi connectivity index (χ4n) is 1.63. The van der Waals surface area contributed by atoms with Crippen molar-refractivity contribution >= 4 is 17.3 Å². The van der Waals surface area contributed by atoms with Crippen LogP contribution in [0.5, 0.6) is 5.75 Å². The zero-order valence-electron chi connectivity index (χ0n) is 9.86. The van der Waals surface area contributed by atoms with E-state index in [9.17, 15) is 4.39 Å². The average Bonchev–Trinajstić information content (AvgIpc) is 2.34. The van der Waals surface area contributed by atoms with Gasteiger partial charge in [-0.3, -0.25) is 0 Å². The van der Waals surface area contributed by atoms with Gasteiger partial charge in [-0.05, 0) is 36.8 Å². The predicted molar refractivity (Wildman–Crippen MR) is 71.3 cm³/mol. The molecule has 2 N–H and O–H groups in total. The minimum absolute atomic E-state index is 0.0748. The predicted octanol–water partition coefficient (Wildman–Crippen LogP) is 4.20. The fourth-order valence-corrected chi connectivity index (χ4v) is 1.83. The molecule has 0 aliphatic carbocycles. The summed E-state index contributed by atoms with van der Waals surface area (Å²) in [5, 5.41) is 0.654. The molecule has 0 bridgehead atoms. The SMILES string of the molecule is CC(Oc1ccc(F)c(N)c1)c1cccc(Cl)c1. The quantitative estimate of drug-likeness (QED) is 0.844. The van der Waals surface area contributed by atoms with Crippen molar-refractivity contribution in [3.05, 3.63) is 58.9 Å². The van der Waals surface area contributed by atoms with Crippen molar-refractivity contribution in [2.24, 2.45) is 0 Å². The monoisotopic (exact) mass is 265 g/mol. The van der Waals surface area contributed by atoms with Gasteiger partial charge in [0.1, 0.15) is 17.7 Å². The highest BCUT2D eigenvalue weighted by Crippen LogP contribution is 2.25. The molecule has 4 heteroatoms. The summed E-state index contributed by atoms with van der Waals surface area (Å²) in [5.41, 5.74) is 6.51. The molecule has 18 heavy (non-hydrogen) atoms. The van der Waals surface area contributed by atoms with Crippen LogP contribution < -0.4 is 10.5 Å². The lowest BCUT2D eigenvalue weighted by Crippen LogP contribution is -2.03. The third-order valence-corrected chi connectivity index (χ3v) is 2.83. The number of halogens is 2. The molecule has 2 nitrogen and oxygen atoms in total. The maximum Gasteiger partial charge on any atom is 0.146 e. The number of rotatable bonds is 3. The van der Waals surface area contributed by atoms with Crippen LogP contribution in [0.3, 0.4) is 0 Å². The van der Waals surface area contributed by atoms with E-state index in [1.807, 2.05) is 25.1 Å². The van der Waals surface area contributed by atoms with E-state index in [2.05, 4.69) is 0 Å². The van der Waals surface area contributed by atoms with Crippen molar-refractivity contribution in [1.29, 1.82) is 0 Å². The maximum absolute atomic E-state index is 13.0. The second kappa shape index (κ2) is 5.27. The van der Waals surface area contributed by atoms with Crippen LogP contribution >= 0.6 is 11.6 Å². The number of ether oxygens (including phenoxy) is 1. The van der Waals surface area contributed by atoms with Crippen LogP contribution in [0.25, 0.3) is 0 Å². The van der Waals surface area contributed by atoms with Crippen LogP contribution in [0.1, 0.15) is 18.6 Å². The molecule has 0 radical (unpaired) electrons. The minimum Gasteiger partial charge on any atom is -0.486 e. The van der Waals surface area contributed by atoms with E-state index >= 15 is 0 Å². The Hall–Kier alpha value is -1.74. The van der Waals surface area contributed by atoms with E-state index in [1.165, 1.54) is 12.1 Å². The van der Waals surface area contributed by atoms with Crippen LogP contribution in [0.4, 0.5) is 10.1 Å². The highest BCUT2D eigenvalue weighted by atomic mass is 35.5. The van der Waals surface area contributed by atoms with E-state index in [4.69, 9.17) is 22.1 Å². The van der Waals surface area contributed by atoms with Gasteiger partial charge >= 0.3 is 0 Å². The molecule has 0 aliphatic rings. The van der Waals surface area contributed by atoms with Crippen LogP contribution in [0.15, 0.2) is 42.5 Å². The molecule has 0 heterocycles. The van der Waals surface area contributed by atoms with Gasteiger partial charge in [-0.2, -0.15) is 0 Å². The summed E-state index contributed by atoms with van der Waals surface area (Å²) >= 11 is 5.91. The molecule has 2 rings (SSSR count). The Kier molecular flexibility index (Phi) is 3.72. The summed E-state index contributed by atoms with van der Waals surface area (Å²) in [4.78, 5) is 0. The normalized spacial score (nSPS) is 12.2. The third kappa shape index (κ3) is 2.93. The van der Waals surface area contributed by atoms with Gasteiger partial charge < -0.3 is 10.5 Å². The molecule has 2 aromatic rings. The molecule has 0 saturated carbocycles. The molecular formula is C14H13ClFNO. The van der Waals surface area contributed by atoms with E-state index in [0.29, 0.717) is 10.8 Å². The Morgan fingerprint density at radius 3 is 2.67 bits per heavy atom. The zero-order valence-corrected chi connectivity index (χ0v) is 10.6. The number of benzene rings is 2. The maximum atomic E-state index is 13.0. The molecule has 1 unspecified atom stereocenters. The van der Waals surface area contributed by atoms with Gasteiger partial charge in [-0.1, -0.05) is 23.7 Å². The topological polar surface area (TPSA) is 35.2 Å². The van der Waals surface area contributed by atoms with Crippen molar-refractivity contribution in [2.45, 2.75) is 13.0 Å². The molecule has 0 spiro atoms. The van der Waals surface area contributed by atoms with Crippen LogP contribution in [-0.4, -0.2) is 0 Å². The van der Waals surface area contributed by atoms with Crippen LogP contribution in [-0.2, 0) is 0 Å². The number of nitrogens with two attached hydrogens (primary N) is 1. The second-order valence-electron chi connectivity index (χ2n) is 4.00. The van der Waals surface area contributed by atoms with Gasteiger partial charge in [-0.25, -0.2) is 4.39 Å². The number of hydrogen-bond donors (Lipinski definition) is 1. The van der Waals surface area contributed by atoms with E-state index in [-0.39, 0.29) is 11.8 Å². The third-order valence-electron chi connectivity index (χ3n) is 2.60. The Bertz CT molecular complexity index is 559. The molecular weight excluding hydrogens is 253 g/mol. The van der Waals surface area contributed by atoms with Gasteiger partial charge in [-0.15, -0.1) is 0 Å². The van der Waals surface area contributed by atoms with Crippen molar-refractivity contribution < 1.29 is 9.13 Å². The van der Waals surface area contributed by atoms with Crippen molar-refractivity contribution in [2.75, 3.05) is 5.73 Å². The lowest BCUT2D eigenvalue weighted by molar-refractivity contribution is 0.227. The first kappa shape index (κ1) is 12.7. The summed E-state index contributed by atoms with van der Waals surface area (Å²) in [7, 11) is 0. The Labute approximate surface area is 110 Å². The standard InChI is InChI=1S/C14H13ClFNO/c1-9(10-3-2-4-11(15)7-10)18-12-5-6-13(16)14(17)8-12/h2-9H,17H2,1H3. The Morgan fingerprint density at radius 1 is 1.22 bits per heavy atom. The fraction of sp³-hybridized carbons (Fsp3) is 0.143. The van der Waals surface area contributed by atoms with Crippen molar-refractivity contribution in [3.8, 4) is 5.75 Å². The lowest BCUT2D eigenvalue weighted by atomic mass is 10.1. The van der Waals surface area contributed by atoms with E-state index in [0.717, 1.165) is 5.56 Å². The lowest BCUT2D eigenvalue weighted by Gasteiger charge is -2.15. The van der Waals surface area contributed by atoms with Gasteiger partial charge in [0.25, 0.3) is 0 Å². The minimum atomic E-state index is -0.447. The Balaban J connectivity index is 2.16. The average molecular weight is 266 g/mol. The highest BCUT2D eigenvalue weighted by molar-refractivity contribution is 6.30. The summed E-state index contributed by atoms with van der Waals surface area (Å²) in [6, 6.07) is 11.7. The second-order valence-corrected chi connectivity index (χ2v) is 4.43. The van der Waals surface area contributed by atoms with Crippen LogP contribution in [0.2, 0.25) is 5.02 Å². The number of anilines is 1. The molecule has 0 fully saturated rings. The molecule has 0 saturated heterocycles. The summed E-state index contributed by atoms with van der Waals surface area (Å²) in [6.07, 6.45) is -0.187. The summed E-state index contributed by atoms with van der Waals surface area (Å²) in [5.74, 6) is 0.0825. The first-order chi connectivity index (χ1) is 8.56. The molecule has 94 valence electrons. The van der Waals surface area contributed by atoms with E-state index < -0.39 is 5.82 Å². The van der Waals surface area contributed by atoms with Crippen molar-refractivity contribution in [1.82, 2.24) is 0 Å². The molecule has 0 amide bonds. The zero-order chi connectivity index (χ0) is 13.1. The molecule has 0 aromatic heterocycles. The number of nitrogen functional groups attached to an aromatic ring is 1. The van der Waals surface area contributed by atoms with Crippen LogP contribution in [0, 0.1) is 5.82 Å². The van der Waals surface area contributed by atoms with Crippen molar-refractivity contribution in [3.63, 3.8) is 0 Å². The highest BCUT2D eigenvalue weighted by Gasteiger charge is 2.09. The molecule has 1 atom stereocenters. The van der Waals surface area contributed by atoms with Gasteiger partial charge in [0.15, 0.2) is 0 Å². The molecule has 0 aliphatic heterocycles. The Morgan fingerprint density at radius 2 is 2.00 bits per heavy atom. The largest absolute Gasteiger partial charge is 0.486 e. The number of hydrogen-bond acceptors (Lipinski definition) is 2. The van der Waals surface area contributed by atoms with Gasteiger partial charge in [0.2, 0.25) is 0 Å². The smallest absolute Gasteiger partial charge is 0.146 e. The van der Waals surface area contributed by atoms with Gasteiger partial charge in [0.05, 0.1) is 5.69 Å². The van der Waals surface area contributed by atoms with E-state index in [1.54, 1.807) is 12.1 Å². The summed E-state index contributed by atoms with van der Waals surface area (Å²) < 4.78 is 18.7. The van der Waals surface area contributed by atoms with Gasteiger partial charge in [0, 0.05) is 11.1 Å². The molecule has 2 aromatic carbocycles. The first-order valence-corrected chi connectivity index (χ1v) is 5.91.